The van der Waals surface area contributed by atoms with Gasteiger partial charge in [0.2, 0.25) is 5.95 Å². The Labute approximate surface area is 194 Å². The molecule has 0 radical (unpaired) electrons. The number of rotatable bonds is 6. The summed E-state index contributed by atoms with van der Waals surface area (Å²) >= 11 is 0. The van der Waals surface area contributed by atoms with Crippen molar-refractivity contribution in [2.24, 2.45) is 0 Å². The number of nitrogens with one attached hydrogen (secondary N) is 1. The van der Waals surface area contributed by atoms with Crippen LogP contribution in [0.4, 0.5) is 5.95 Å². The number of hydrogen-bond acceptors (Lipinski definition) is 7. The molecule has 4 N–H and O–H groups in total. The number of carboxylic acids is 1. The quantitative estimate of drug-likeness (QED) is 0.353. The molecule has 0 fully saturated rings. The van der Waals surface area contributed by atoms with Gasteiger partial charge in [0, 0.05) is 18.0 Å². The van der Waals surface area contributed by atoms with E-state index in [1.54, 1.807) is 35.5 Å². The van der Waals surface area contributed by atoms with Crippen molar-refractivity contribution in [1.29, 1.82) is 0 Å². The van der Waals surface area contributed by atoms with Crippen LogP contribution in [0.1, 0.15) is 35.3 Å². The average Bonchev–Trinajstić information content (AvgIpc) is 3.49. The van der Waals surface area contributed by atoms with Gasteiger partial charge in [0.25, 0.3) is 0 Å². The van der Waals surface area contributed by atoms with Gasteiger partial charge in [0.05, 0.1) is 22.3 Å². The Hall–Kier alpha value is -4.60. The second kappa shape index (κ2) is 8.07. The van der Waals surface area contributed by atoms with Crippen molar-refractivity contribution in [1.82, 2.24) is 34.7 Å². The molecule has 0 saturated carbocycles. The van der Waals surface area contributed by atoms with Crippen molar-refractivity contribution in [3.63, 3.8) is 0 Å². The summed E-state index contributed by atoms with van der Waals surface area (Å²) in [7, 11) is 0. The smallest absolute Gasteiger partial charge is 0.335 e. The monoisotopic (exact) mass is 454 g/mol. The highest BCUT2D eigenvalue weighted by molar-refractivity contribution is 5.91. The Balaban J connectivity index is 1.55. The van der Waals surface area contributed by atoms with Crippen molar-refractivity contribution in [3.05, 3.63) is 78.1 Å². The molecular weight excluding hydrogens is 432 g/mol. The maximum Gasteiger partial charge on any atom is 0.335 e. The molecule has 10 heteroatoms. The Morgan fingerprint density at radius 1 is 1.15 bits per heavy atom. The molecule has 10 nitrogen and oxygen atoms in total. The third-order valence-electron chi connectivity index (χ3n) is 5.80. The molecule has 0 spiro atoms. The summed E-state index contributed by atoms with van der Waals surface area (Å²) in [4.78, 5) is 31.9. The summed E-state index contributed by atoms with van der Waals surface area (Å²) in [6.45, 7) is 4.31. The predicted molar refractivity (Wildman–Crippen MR) is 127 cm³/mol. The highest BCUT2D eigenvalue weighted by Gasteiger charge is 2.23. The summed E-state index contributed by atoms with van der Waals surface area (Å²) in [5.41, 5.74) is 10.6. The summed E-state index contributed by atoms with van der Waals surface area (Å²) in [5.74, 6) is -0.214. The molecule has 0 bridgehead atoms. The van der Waals surface area contributed by atoms with Crippen LogP contribution in [0, 0.1) is 0 Å². The van der Waals surface area contributed by atoms with E-state index in [-0.39, 0.29) is 16.9 Å². The van der Waals surface area contributed by atoms with Gasteiger partial charge in [0.1, 0.15) is 18.5 Å². The molecule has 0 unspecified atom stereocenters. The molecule has 0 aliphatic carbocycles. The number of benzene rings is 2. The lowest BCUT2D eigenvalue weighted by molar-refractivity contribution is 0.0697. The molecule has 0 aliphatic rings. The molecule has 34 heavy (non-hydrogen) atoms. The molecule has 0 saturated heterocycles. The van der Waals surface area contributed by atoms with Crippen LogP contribution < -0.4 is 5.73 Å². The molecule has 0 atom stereocenters. The maximum absolute atomic E-state index is 11.6. The standard InChI is InChI=1S/C24H22N8O2/c1-24(2,9-14-10-27-23(25)28-11-14)16-4-5-18-19(8-16)31-21(30-18)17-7-15(22(33)34)3-6-20(17)32-13-26-12-29-32/h3-8,10-13H,9H2,1-2H3,(H,30,31)(H,33,34)(H2,25,27,28). The highest BCUT2D eigenvalue weighted by Crippen LogP contribution is 2.32. The zero-order valence-electron chi connectivity index (χ0n) is 18.6. The largest absolute Gasteiger partial charge is 0.478 e. The van der Waals surface area contributed by atoms with Crippen molar-refractivity contribution >= 4 is 23.0 Å². The van der Waals surface area contributed by atoms with E-state index in [0.29, 0.717) is 17.1 Å². The number of aromatic carboxylic acids is 1. The number of carbonyl (C=O) groups is 1. The molecule has 2 aromatic carbocycles. The van der Waals surface area contributed by atoms with Gasteiger partial charge in [-0.2, -0.15) is 5.10 Å². The minimum atomic E-state index is -1.02. The molecule has 3 aromatic heterocycles. The molecular formula is C24H22N8O2. The first-order valence-corrected chi connectivity index (χ1v) is 10.6. The lowest BCUT2D eigenvalue weighted by atomic mass is 9.79. The van der Waals surface area contributed by atoms with Crippen molar-refractivity contribution < 1.29 is 9.90 Å². The van der Waals surface area contributed by atoms with Gasteiger partial charge < -0.3 is 15.8 Å². The fourth-order valence-electron chi connectivity index (χ4n) is 4.02. The third-order valence-corrected chi connectivity index (χ3v) is 5.80. The van der Waals surface area contributed by atoms with E-state index >= 15 is 0 Å². The van der Waals surface area contributed by atoms with E-state index < -0.39 is 5.97 Å². The number of hydrogen-bond donors (Lipinski definition) is 3. The van der Waals surface area contributed by atoms with E-state index in [2.05, 4.69) is 51.0 Å². The lowest BCUT2D eigenvalue weighted by Crippen LogP contribution is -2.20. The van der Waals surface area contributed by atoms with Crippen molar-refractivity contribution in [2.45, 2.75) is 25.7 Å². The van der Waals surface area contributed by atoms with Crippen LogP contribution in [0.15, 0.2) is 61.4 Å². The fraction of sp³-hybridized carbons (Fsp3) is 0.167. The van der Waals surface area contributed by atoms with Crippen LogP contribution >= 0.6 is 0 Å². The lowest BCUT2D eigenvalue weighted by Gasteiger charge is -2.25. The van der Waals surface area contributed by atoms with Crippen LogP contribution in [0.3, 0.4) is 0 Å². The SMILES string of the molecule is CC(C)(Cc1cnc(N)nc1)c1ccc2nc(-c3cc(C(=O)O)ccc3-n3cncn3)[nH]c2c1. The minimum absolute atomic E-state index is 0.159. The summed E-state index contributed by atoms with van der Waals surface area (Å²) in [5, 5.41) is 13.7. The number of H-pyrrole nitrogens is 1. The number of nitrogens with zero attached hydrogens (tertiary/aromatic N) is 6. The third kappa shape index (κ3) is 3.96. The highest BCUT2D eigenvalue weighted by atomic mass is 16.4. The zero-order valence-corrected chi connectivity index (χ0v) is 18.6. The molecule has 0 amide bonds. The van der Waals surface area contributed by atoms with E-state index in [1.165, 1.54) is 12.4 Å². The molecule has 3 heterocycles. The van der Waals surface area contributed by atoms with Crippen LogP contribution in [-0.4, -0.2) is 45.8 Å². The number of nitrogens with two attached hydrogens (primary N) is 1. The van der Waals surface area contributed by atoms with Crippen molar-refractivity contribution in [2.75, 3.05) is 5.73 Å². The second-order valence-electron chi connectivity index (χ2n) is 8.70. The summed E-state index contributed by atoms with van der Waals surface area (Å²) in [6, 6.07) is 10.9. The Bertz CT molecular complexity index is 1490. The van der Waals surface area contributed by atoms with Gasteiger partial charge in [-0.15, -0.1) is 0 Å². The van der Waals surface area contributed by atoms with Gasteiger partial charge in [-0.05, 0) is 53.3 Å². The van der Waals surface area contributed by atoms with Gasteiger partial charge in [-0.25, -0.2) is 29.4 Å². The summed E-state index contributed by atoms with van der Waals surface area (Å²) in [6.07, 6.45) is 7.21. The fourth-order valence-corrected chi connectivity index (χ4v) is 4.02. The first-order valence-electron chi connectivity index (χ1n) is 10.6. The molecule has 5 rings (SSSR count). The second-order valence-corrected chi connectivity index (χ2v) is 8.70. The number of carboxylic acid groups (broad SMARTS) is 1. The van der Waals surface area contributed by atoms with Crippen LogP contribution in [0.2, 0.25) is 0 Å². The Morgan fingerprint density at radius 2 is 1.94 bits per heavy atom. The minimum Gasteiger partial charge on any atom is -0.478 e. The number of aromatic amines is 1. The maximum atomic E-state index is 11.6. The summed E-state index contributed by atoms with van der Waals surface area (Å²) < 4.78 is 1.58. The Kier molecular flexibility index (Phi) is 5.05. The number of nitrogen functional groups attached to an aromatic ring is 1. The molecule has 0 aliphatic heterocycles. The predicted octanol–water partition coefficient (Wildman–Crippen LogP) is 3.40. The van der Waals surface area contributed by atoms with Gasteiger partial charge in [-0.1, -0.05) is 19.9 Å². The van der Waals surface area contributed by atoms with E-state index in [4.69, 9.17) is 10.7 Å². The number of imidazole rings is 1. The first-order chi connectivity index (χ1) is 16.3. The van der Waals surface area contributed by atoms with E-state index in [1.807, 2.05) is 6.07 Å². The van der Waals surface area contributed by atoms with Crippen LogP contribution in [0.5, 0.6) is 0 Å². The van der Waals surface area contributed by atoms with Crippen LogP contribution in [-0.2, 0) is 11.8 Å². The van der Waals surface area contributed by atoms with Gasteiger partial charge in [0.15, 0.2) is 0 Å². The molecule has 5 aromatic rings. The van der Waals surface area contributed by atoms with E-state index in [0.717, 1.165) is 28.6 Å². The first kappa shape index (κ1) is 21.3. The van der Waals surface area contributed by atoms with E-state index in [9.17, 15) is 9.90 Å². The van der Waals surface area contributed by atoms with Crippen molar-refractivity contribution in [3.8, 4) is 17.1 Å². The Morgan fingerprint density at radius 3 is 2.65 bits per heavy atom. The van der Waals surface area contributed by atoms with Gasteiger partial charge in [-0.3, -0.25) is 0 Å². The number of aromatic nitrogens is 7. The van der Waals surface area contributed by atoms with Gasteiger partial charge >= 0.3 is 5.97 Å². The topological polar surface area (TPSA) is 148 Å². The zero-order chi connectivity index (χ0) is 23.9. The molecule has 170 valence electrons. The number of anilines is 1. The number of fused-ring (bicyclic) bond motifs is 1. The van der Waals surface area contributed by atoms with Crippen LogP contribution in [0.25, 0.3) is 28.1 Å². The normalized spacial score (nSPS) is 11.7. The average molecular weight is 454 g/mol.